The van der Waals surface area contributed by atoms with Crippen molar-refractivity contribution >= 4 is 5.91 Å². The number of likely N-dealkylation sites (N-methyl/N-ethyl adjacent to an activating group) is 1. The van der Waals surface area contributed by atoms with Gasteiger partial charge < -0.3 is 4.90 Å². The highest BCUT2D eigenvalue weighted by atomic mass is 16.2. The van der Waals surface area contributed by atoms with Gasteiger partial charge in [0.25, 0.3) is 0 Å². The van der Waals surface area contributed by atoms with E-state index in [-0.39, 0.29) is 11.8 Å². The Labute approximate surface area is 126 Å². The van der Waals surface area contributed by atoms with Crippen molar-refractivity contribution in [3.8, 4) is 0 Å². The Balaban J connectivity index is 2.19. The molecule has 0 unspecified atom stereocenters. The molecule has 2 aromatic carbocycles. The summed E-state index contributed by atoms with van der Waals surface area (Å²) < 4.78 is 0. The minimum absolute atomic E-state index is 0.174. The fourth-order valence-electron chi connectivity index (χ4n) is 3.29. The molecule has 0 bridgehead atoms. The first kappa shape index (κ1) is 13.9. The summed E-state index contributed by atoms with van der Waals surface area (Å²) in [6.45, 7) is 4.97. The Kier molecular flexibility index (Phi) is 3.54. The highest BCUT2D eigenvalue weighted by Crippen LogP contribution is 2.32. The maximum absolute atomic E-state index is 12.9. The lowest BCUT2D eigenvalue weighted by atomic mass is 9.86. The van der Waals surface area contributed by atoms with Gasteiger partial charge in [-0.2, -0.15) is 0 Å². The van der Waals surface area contributed by atoms with Gasteiger partial charge in [-0.25, -0.2) is 0 Å². The van der Waals surface area contributed by atoms with E-state index in [9.17, 15) is 4.79 Å². The molecule has 1 heterocycles. The number of carbonyl (C=O) groups excluding carboxylic acids is 1. The normalized spacial score (nSPS) is 18.3. The van der Waals surface area contributed by atoms with Gasteiger partial charge in [-0.15, -0.1) is 0 Å². The standard InChI is InChI=1S/C19H21NO/c1-13-10-14(2)12-16(11-13)18-17-7-5-4-6-15(17)8-9-20(3)19(18)21/h4-7,10-12,18H,8-9H2,1-3H3/t18-/m0/s1. The third kappa shape index (κ3) is 2.58. The molecule has 0 aromatic heterocycles. The highest BCUT2D eigenvalue weighted by Gasteiger charge is 2.30. The minimum Gasteiger partial charge on any atom is -0.345 e. The van der Waals surface area contributed by atoms with Gasteiger partial charge >= 0.3 is 0 Å². The van der Waals surface area contributed by atoms with E-state index in [0.717, 1.165) is 24.1 Å². The lowest BCUT2D eigenvalue weighted by Gasteiger charge is -2.22. The van der Waals surface area contributed by atoms with Crippen LogP contribution in [-0.4, -0.2) is 24.4 Å². The van der Waals surface area contributed by atoms with Gasteiger partial charge in [0.15, 0.2) is 0 Å². The second kappa shape index (κ2) is 5.36. The summed E-state index contributed by atoms with van der Waals surface area (Å²) in [5.74, 6) is 0.0252. The van der Waals surface area contributed by atoms with E-state index >= 15 is 0 Å². The van der Waals surface area contributed by atoms with Crippen LogP contribution in [0.15, 0.2) is 42.5 Å². The van der Waals surface area contributed by atoms with Gasteiger partial charge in [0, 0.05) is 13.6 Å². The lowest BCUT2D eigenvalue weighted by molar-refractivity contribution is -0.130. The van der Waals surface area contributed by atoms with Crippen molar-refractivity contribution in [3.05, 3.63) is 70.3 Å². The van der Waals surface area contributed by atoms with Crippen LogP contribution in [0, 0.1) is 13.8 Å². The van der Waals surface area contributed by atoms with Crippen LogP contribution >= 0.6 is 0 Å². The smallest absolute Gasteiger partial charge is 0.234 e. The zero-order chi connectivity index (χ0) is 15.0. The number of carbonyl (C=O) groups is 1. The summed E-state index contributed by atoms with van der Waals surface area (Å²) in [4.78, 5) is 14.7. The van der Waals surface area contributed by atoms with Crippen LogP contribution in [0.4, 0.5) is 0 Å². The number of amides is 1. The van der Waals surface area contributed by atoms with E-state index in [4.69, 9.17) is 0 Å². The highest BCUT2D eigenvalue weighted by molar-refractivity contribution is 5.88. The molecule has 1 amide bonds. The maximum atomic E-state index is 12.9. The van der Waals surface area contributed by atoms with E-state index < -0.39 is 0 Å². The van der Waals surface area contributed by atoms with Crippen LogP contribution in [0.2, 0.25) is 0 Å². The second-order valence-corrected chi connectivity index (χ2v) is 6.06. The number of hydrogen-bond donors (Lipinski definition) is 0. The Bertz CT molecular complexity index is 669. The summed E-state index contributed by atoms with van der Waals surface area (Å²) in [5, 5.41) is 0. The molecule has 108 valence electrons. The van der Waals surface area contributed by atoms with Crippen molar-refractivity contribution in [1.29, 1.82) is 0 Å². The summed E-state index contributed by atoms with van der Waals surface area (Å²) in [7, 11) is 1.91. The molecule has 0 fully saturated rings. The number of fused-ring (bicyclic) bond motifs is 1. The third-order valence-electron chi connectivity index (χ3n) is 4.28. The van der Waals surface area contributed by atoms with Gasteiger partial charge in [-0.05, 0) is 37.0 Å². The van der Waals surface area contributed by atoms with Gasteiger partial charge in [0.2, 0.25) is 5.91 Å². The Hall–Kier alpha value is -2.09. The average Bonchev–Trinajstić information content (AvgIpc) is 2.56. The molecule has 0 radical (unpaired) electrons. The molecule has 0 N–H and O–H groups in total. The maximum Gasteiger partial charge on any atom is 0.234 e. The molecule has 0 saturated heterocycles. The first-order valence-electron chi connectivity index (χ1n) is 7.47. The monoisotopic (exact) mass is 279 g/mol. The molecule has 1 aliphatic rings. The average molecular weight is 279 g/mol. The Morgan fingerprint density at radius 1 is 1.05 bits per heavy atom. The number of benzene rings is 2. The molecular formula is C19H21NO. The molecule has 0 spiro atoms. The Morgan fingerprint density at radius 3 is 2.43 bits per heavy atom. The molecule has 2 aromatic rings. The first-order chi connectivity index (χ1) is 10.1. The summed E-state index contributed by atoms with van der Waals surface area (Å²) in [6.07, 6.45) is 0.930. The molecule has 1 aliphatic heterocycles. The zero-order valence-corrected chi connectivity index (χ0v) is 12.9. The molecular weight excluding hydrogens is 258 g/mol. The summed E-state index contributed by atoms with van der Waals surface area (Å²) in [5.41, 5.74) is 5.99. The van der Waals surface area contributed by atoms with E-state index in [1.807, 2.05) is 18.0 Å². The molecule has 0 aliphatic carbocycles. The van der Waals surface area contributed by atoms with Crippen LogP contribution < -0.4 is 0 Å². The van der Waals surface area contributed by atoms with Crippen molar-refractivity contribution < 1.29 is 4.79 Å². The predicted molar refractivity (Wildman–Crippen MR) is 85.5 cm³/mol. The van der Waals surface area contributed by atoms with Crippen molar-refractivity contribution in [1.82, 2.24) is 4.90 Å². The van der Waals surface area contributed by atoms with Gasteiger partial charge in [0.1, 0.15) is 0 Å². The molecule has 2 nitrogen and oxygen atoms in total. The van der Waals surface area contributed by atoms with Crippen molar-refractivity contribution in [2.75, 3.05) is 13.6 Å². The lowest BCUT2D eigenvalue weighted by Crippen LogP contribution is -2.31. The number of rotatable bonds is 1. The van der Waals surface area contributed by atoms with Crippen LogP contribution in [0.3, 0.4) is 0 Å². The van der Waals surface area contributed by atoms with Crippen molar-refractivity contribution in [2.45, 2.75) is 26.2 Å². The largest absolute Gasteiger partial charge is 0.345 e. The van der Waals surface area contributed by atoms with Crippen molar-refractivity contribution in [3.63, 3.8) is 0 Å². The fourth-order valence-corrected chi connectivity index (χ4v) is 3.29. The fraction of sp³-hybridized carbons (Fsp3) is 0.316. The molecule has 0 saturated carbocycles. The van der Waals surface area contributed by atoms with Crippen LogP contribution in [0.25, 0.3) is 0 Å². The molecule has 3 rings (SSSR count). The van der Waals surface area contributed by atoms with Crippen molar-refractivity contribution in [2.24, 2.45) is 0 Å². The molecule has 1 atom stereocenters. The number of hydrogen-bond acceptors (Lipinski definition) is 1. The second-order valence-electron chi connectivity index (χ2n) is 6.06. The van der Waals surface area contributed by atoms with Gasteiger partial charge in [-0.3, -0.25) is 4.79 Å². The van der Waals surface area contributed by atoms with Gasteiger partial charge in [-0.1, -0.05) is 53.6 Å². The summed E-state index contributed by atoms with van der Waals surface area (Å²) in [6, 6.07) is 14.8. The quantitative estimate of drug-likeness (QED) is 0.783. The molecule has 2 heteroatoms. The minimum atomic E-state index is -0.174. The van der Waals surface area contributed by atoms with E-state index in [1.54, 1.807) is 0 Å². The molecule has 21 heavy (non-hydrogen) atoms. The van der Waals surface area contributed by atoms with Crippen LogP contribution in [-0.2, 0) is 11.2 Å². The zero-order valence-electron chi connectivity index (χ0n) is 12.9. The number of aryl methyl sites for hydroxylation is 2. The number of nitrogens with zero attached hydrogens (tertiary/aromatic N) is 1. The van der Waals surface area contributed by atoms with E-state index in [1.165, 1.54) is 16.7 Å². The topological polar surface area (TPSA) is 20.3 Å². The van der Waals surface area contributed by atoms with Gasteiger partial charge in [0.05, 0.1) is 5.92 Å². The van der Waals surface area contributed by atoms with Crippen LogP contribution in [0.1, 0.15) is 33.7 Å². The van der Waals surface area contributed by atoms with Crippen LogP contribution in [0.5, 0.6) is 0 Å². The third-order valence-corrected chi connectivity index (χ3v) is 4.28. The Morgan fingerprint density at radius 2 is 1.71 bits per heavy atom. The first-order valence-corrected chi connectivity index (χ1v) is 7.47. The summed E-state index contributed by atoms with van der Waals surface area (Å²) >= 11 is 0. The SMILES string of the molecule is Cc1cc(C)cc([C@@H]2C(=O)N(C)CCc3ccccc32)c1. The van der Waals surface area contributed by atoms with E-state index in [0.29, 0.717) is 0 Å². The predicted octanol–water partition coefficient (Wildman–Crippen LogP) is 3.45. The van der Waals surface area contributed by atoms with E-state index in [2.05, 4.69) is 50.2 Å².